The molecule has 2 heterocycles. The molecule has 0 spiro atoms. The van der Waals surface area contributed by atoms with Gasteiger partial charge in [-0.25, -0.2) is 0 Å². The Kier molecular flexibility index (Phi) is 1.87. The molecule has 0 aliphatic heterocycles. The Labute approximate surface area is 81.8 Å². The first-order valence-corrected chi connectivity index (χ1v) is 4.41. The first-order valence-electron chi connectivity index (χ1n) is 4.41. The van der Waals surface area contributed by atoms with Crippen LogP contribution in [0.5, 0.6) is 0 Å². The summed E-state index contributed by atoms with van der Waals surface area (Å²) in [4.78, 5) is 0. The lowest BCUT2D eigenvalue weighted by molar-refractivity contribution is 0.293. The van der Waals surface area contributed by atoms with Gasteiger partial charge >= 0.3 is 0 Å². The van der Waals surface area contributed by atoms with Gasteiger partial charge in [-0.1, -0.05) is 0 Å². The Hall–Kier alpha value is -1.65. The third kappa shape index (κ3) is 1.30. The van der Waals surface area contributed by atoms with Gasteiger partial charge in [0, 0.05) is 19.3 Å². The number of rotatable bonds is 2. The van der Waals surface area contributed by atoms with Crippen molar-refractivity contribution >= 4 is 0 Å². The summed E-state index contributed by atoms with van der Waals surface area (Å²) < 4.78 is 7.18. The first-order chi connectivity index (χ1) is 6.60. The zero-order chi connectivity index (χ0) is 10.2. The Bertz CT molecular complexity index is 416. The van der Waals surface area contributed by atoms with Crippen molar-refractivity contribution in [3.63, 3.8) is 0 Å². The summed E-state index contributed by atoms with van der Waals surface area (Å²) in [5, 5.41) is 12.0. The van der Waals surface area contributed by atoms with Crippen LogP contribution in [0.15, 0.2) is 22.9 Å². The van der Waals surface area contributed by atoms with Crippen LogP contribution in [0.2, 0.25) is 0 Å². The van der Waals surface area contributed by atoms with Gasteiger partial charge in [-0.2, -0.15) is 5.10 Å². The SMILES string of the molecule is Cc1nnc(C(C)(C)n2cccn2)o1. The molecular weight excluding hydrogens is 180 g/mol. The maximum Gasteiger partial charge on any atom is 0.243 e. The monoisotopic (exact) mass is 192 g/mol. The van der Waals surface area contributed by atoms with E-state index in [2.05, 4.69) is 15.3 Å². The summed E-state index contributed by atoms with van der Waals surface area (Å²) in [6.07, 6.45) is 3.60. The topological polar surface area (TPSA) is 56.7 Å². The smallest absolute Gasteiger partial charge is 0.243 e. The molecule has 14 heavy (non-hydrogen) atoms. The summed E-state index contributed by atoms with van der Waals surface area (Å²) in [7, 11) is 0. The highest BCUT2D eigenvalue weighted by molar-refractivity contribution is 5.00. The predicted octanol–water partition coefficient (Wildman–Crippen LogP) is 1.36. The van der Waals surface area contributed by atoms with Crippen LogP contribution >= 0.6 is 0 Å². The second-order valence-corrected chi connectivity index (χ2v) is 3.64. The molecule has 74 valence electrons. The Morgan fingerprint density at radius 2 is 2.14 bits per heavy atom. The van der Waals surface area contributed by atoms with Gasteiger partial charge < -0.3 is 4.42 Å². The van der Waals surface area contributed by atoms with Gasteiger partial charge in [0.2, 0.25) is 11.8 Å². The highest BCUT2D eigenvalue weighted by atomic mass is 16.4. The normalized spacial score (nSPS) is 11.9. The molecule has 0 aromatic carbocycles. The van der Waals surface area contributed by atoms with Crippen LogP contribution in [0, 0.1) is 6.92 Å². The summed E-state index contributed by atoms with van der Waals surface area (Å²) >= 11 is 0. The van der Waals surface area contributed by atoms with E-state index in [1.807, 2.05) is 26.1 Å². The minimum absolute atomic E-state index is 0.398. The van der Waals surface area contributed by atoms with Gasteiger partial charge in [0.1, 0.15) is 5.54 Å². The number of hydrogen-bond acceptors (Lipinski definition) is 4. The molecule has 0 aliphatic rings. The summed E-state index contributed by atoms with van der Waals surface area (Å²) in [5.74, 6) is 1.14. The fourth-order valence-electron chi connectivity index (χ4n) is 1.24. The fourth-order valence-corrected chi connectivity index (χ4v) is 1.24. The van der Waals surface area contributed by atoms with Crippen molar-refractivity contribution in [1.82, 2.24) is 20.0 Å². The van der Waals surface area contributed by atoms with E-state index < -0.39 is 5.54 Å². The highest BCUT2D eigenvalue weighted by Gasteiger charge is 2.29. The van der Waals surface area contributed by atoms with Crippen molar-refractivity contribution < 1.29 is 4.42 Å². The Morgan fingerprint density at radius 3 is 2.64 bits per heavy atom. The zero-order valence-corrected chi connectivity index (χ0v) is 8.43. The van der Waals surface area contributed by atoms with Gasteiger partial charge in [-0.3, -0.25) is 4.68 Å². The van der Waals surface area contributed by atoms with E-state index in [9.17, 15) is 0 Å². The minimum Gasteiger partial charge on any atom is -0.423 e. The Balaban J connectivity index is 2.42. The molecule has 0 saturated carbocycles. The van der Waals surface area contributed by atoms with E-state index in [4.69, 9.17) is 4.42 Å². The quantitative estimate of drug-likeness (QED) is 0.720. The average molecular weight is 192 g/mol. The number of hydrogen-bond donors (Lipinski definition) is 0. The molecule has 0 N–H and O–H groups in total. The molecule has 0 atom stereocenters. The van der Waals surface area contributed by atoms with Crippen molar-refractivity contribution in [1.29, 1.82) is 0 Å². The van der Waals surface area contributed by atoms with Crippen LogP contribution in [-0.2, 0) is 5.54 Å². The van der Waals surface area contributed by atoms with Crippen LogP contribution in [-0.4, -0.2) is 20.0 Å². The van der Waals surface area contributed by atoms with Crippen molar-refractivity contribution in [2.45, 2.75) is 26.3 Å². The second kappa shape index (κ2) is 2.94. The number of aromatic nitrogens is 4. The zero-order valence-electron chi connectivity index (χ0n) is 8.43. The molecule has 0 saturated heterocycles. The molecule has 2 aromatic rings. The lowest BCUT2D eigenvalue weighted by atomic mass is 10.1. The third-order valence-electron chi connectivity index (χ3n) is 2.13. The van der Waals surface area contributed by atoms with Crippen molar-refractivity contribution in [2.24, 2.45) is 0 Å². The van der Waals surface area contributed by atoms with Crippen LogP contribution in [0.4, 0.5) is 0 Å². The number of nitrogens with zero attached hydrogens (tertiary/aromatic N) is 4. The predicted molar refractivity (Wildman–Crippen MR) is 49.7 cm³/mol. The lowest BCUT2D eigenvalue weighted by Crippen LogP contribution is -2.28. The summed E-state index contributed by atoms with van der Waals surface area (Å²) in [5.41, 5.74) is -0.398. The molecule has 0 fully saturated rings. The second-order valence-electron chi connectivity index (χ2n) is 3.64. The molecule has 5 heteroatoms. The molecular formula is C9H12N4O. The van der Waals surface area contributed by atoms with Gasteiger partial charge in [-0.15, -0.1) is 10.2 Å². The maximum absolute atomic E-state index is 5.39. The van der Waals surface area contributed by atoms with Gasteiger partial charge in [-0.05, 0) is 19.9 Å². The molecule has 2 aromatic heterocycles. The van der Waals surface area contributed by atoms with Crippen LogP contribution in [0.25, 0.3) is 0 Å². The highest BCUT2D eigenvalue weighted by Crippen LogP contribution is 2.22. The maximum atomic E-state index is 5.39. The largest absolute Gasteiger partial charge is 0.423 e. The fraction of sp³-hybridized carbons (Fsp3) is 0.444. The van der Waals surface area contributed by atoms with Crippen molar-refractivity contribution in [3.05, 3.63) is 30.2 Å². The molecule has 0 amide bonds. The van der Waals surface area contributed by atoms with Gasteiger partial charge in [0.25, 0.3) is 0 Å². The van der Waals surface area contributed by atoms with E-state index >= 15 is 0 Å². The van der Waals surface area contributed by atoms with Gasteiger partial charge in [0.05, 0.1) is 0 Å². The Morgan fingerprint density at radius 1 is 1.36 bits per heavy atom. The summed E-state index contributed by atoms with van der Waals surface area (Å²) in [6, 6.07) is 1.87. The van der Waals surface area contributed by atoms with Crippen molar-refractivity contribution in [2.75, 3.05) is 0 Å². The van der Waals surface area contributed by atoms with E-state index in [1.165, 1.54) is 0 Å². The van der Waals surface area contributed by atoms with Crippen molar-refractivity contribution in [3.8, 4) is 0 Å². The van der Waals surface area contributed by atoms with Crippen LogP contribution in [0.1, 0.15) is 25.6 Å². The van der Waals surface area contributed by atoms with E-state index in [1.54, 1.807) is 17.8 Å². The minimum atomic E-state index is -0.398. The van der Waals surface area contributed by atoms with Crippen LogP contribution in [0.3, 0.4) is 0 Å². The lowest BCUT2D eigenvalue weighted by Gasteiger charge is -2.20. The molecule has 0 bridgehead atoms. The standard InChI is InChI=1S/C9H12N4O/c1-7-11-12-8(14-7)9(2,3)13-6-4-5-10-13/h4-6H,1-3H3. The van der Waals surface area contributed by atoms with Gasteiger partial charge in [0.15, 0.2) is 0 Å². The number of aryl methyl sites for hydroxylation is 1. The third-order valence-corrected chi connectivity index (χ3v) is 2.13. The van der Waals surface area contributed by atoms with Crippen LogP contribution < -0.4 is 0 Å². The van der Waals surface area contributed by atoms with E-state index in [0.29, 0.717) is 11.8 Å². The molecule has 5 nitrogen and oxygen atoms in total. The molecule has 0 radical (unpaired) electrons. The van der Waals surface area contributed by atoms with E-state index in [0.717, 1.165) is 0 Å². The molecule has 0 aliphatic carbocycles. The first kappa shape index (κ1) is 8.93. The van der Waals surface area contributed by atoms with E-state index in [-0.39, 0.29) is 0 Å². The average Bonchev–Trinajstić information content (AvgIpc) is 2.72. The molecule has 2 rings (SSSR count). The summed E-state index contributed by atoms with van der Waals surface area (Å²) in [6.45, 7) is 5.73. The molecule has 0 unspecified atom stereocenters.